The number of hydrogen-bond acceptors (Lipinski definition) is 3. The van der Waals surface area contributed by atoms with Gasteiger partial charge < -0.3 is 15.4 Å². The molecule has 6 heteroatoms. The summed E-state index contributed by atoms with van der Waals surface area (Å²) in [7, 11) is 1.60. The third-order valence-electron chi connectivity index (χ3n) is 3.03. The van der Waals surface area contributed by atoms with Gasteiger partial charge in [0.15, 0.2) is 0 Å². The molecule has 0 saturated carbocycles. The van der Waals surface area contributed by atoms with Crippen LogP contribution in [0.2, 0.25) is 5.02 Å². The molecule has 0 spiro atoms. The van der Waals surface area contributed by atoms with Crippen LogP contribution in [-0.4, -0.2) is 32.1 Å². The van der Waals surface area contributed by atoms with Crippen molar-refractivity contribution in [2.24, 2.45) is 5.41 Å². The largest absolute Gasteiger partial charge is 0.385 e. The number of rotatable bonds is 7. The molecule has 0 atom stereocenters. The van der Waals surface area contributed by atoms with E-state index in [1.807, 2.05) is 0 Å². The van der Waals surface area contributed by atoms with E-state index in [1.54, 1.807) is 45.2 Å². The van der Waals surface area contributed by atoms with Crippen LogP contribution in [-0.2, 0) is 14.3 Å². The number of carbonyl (C=O) groups is 2. The summed E-state index contributed by atoms with van der Waals surface area (Å²) in [4.78, 5) is 24.3. The van der Waals surface area contributed by atoms with Crippen LogP contribution in [0.5, 0.6) is 0 Å². The average Bonchev–Trinajstić information content (AvgIpc) is 2.43. The maximum atomic E-state index is 12.2. The molecule has 0 aliphatic carbocycles. The van der Waals surface area contributed by atoms with Gasteiger partial charge >= 0.3 is 0 Å². The first kappa shape index (κ1) is 17.5. The topological polar surface area (TPSA) is 67.4 Å². The molecule has 0 radical (unpaired) electrons. The van der Waals surface area contributed by atoms with Gasteiger partial charge in [-0.3, -0.25) is 9.59 Å². The minimum absolute atomic E-state index is 0.321. The van der Waals surface area contributed by atoms with Crippen LogP contribution >= 0.6 is 11.6 Å². The summed E-state index contributed by atoms with van der Waals surface area (Å²) in [6, 6.07) is 6.79. The van der Waals surface area contributed by atoms with Crippen molar-refractivity contribution in [2.45, 2.75) is 20.3 Å². The summed E-state index contributed by atoms with van der Waals surface area (Å²) in [5, 5.41) is 5.95. The van der Waals surface area contributed by atoms with E-state index in [9.17, 15) is 9.59 Å². The lowest BCUT2D eigenvalue weighted by Gasteiger charge is -2.22. The number of nitrogens with one attached hydrogen (secondary N) is 2. The second kappa shape index (κ2) is 8.00. The first-order valence-electron chi connectivity index (χ1n) is 6.72. The van der Waals surface area contributed by atoms with Gasteiger partial charge in [-0.25, -0.2) is 0 Å². The highest BCUT2D eigenvalue weighted by molar-refractivity contribution is 6.31. The lowest BCUT2D eigenvalue weighted by atomic mass is 9.91. The molecule has 0 fully saturated rings. The standard InChI is InChI=1S/C15H21ClN2O3/c1-15(2,13(19)17-8-5-9-21-3)14(20)18-12-7-4-6-11(16)10-12/h4,6-7,10H,5,8-9H2,1-3H3,(H,17,19)(H,18,20). The quantitative estimate of drug-likeness (QED) is 0.600. The number of halogens is 1. The molecule has 2 N–H and O–H groups in total. The molecular weight excluding hydrogens is 292 g/mol. The highest BCUT2D eigenvalue weighted by Crippen LogP contribution is 2.21. The predicted molar refractivity (Wildman–Crippen MR) is 83.4 cm³/mol. The van der Waals surface area contributed by atoms with Crippen LogP contribution < -0.4 is 10.6 Å². The molecule has 0 saturated heterocycles. The van der Waals surface area contributed by atoms with Crippen molar-refractivity contribution in [3.63, 3.8) is 0 Å². The van der Waals surface area contributed by atoms with Crippen LogP contribution in [0.15, 0.2) is 24.3 Å². The molecule has 0 unspecified atom stereocenters. The summed E-state index contributed by atoms with van der Waals surface area (Å²) in [5.41, 5.74) is -0.609. The van der Waals surface area contributed by atoms with E-state index in [-0.39, 0.29) is 11.8 Å². The Morgan fingerprint density at radius 3 is 2.62 bits per heavy atom. The Labute approximate surface area is 130 Å². The highest BCUT2D eigenvalue weighted by Gasteiger charge is 2.35. The number of anilines is 1. The first-order chi connectivity index (χ1) is 9.87. The molecule has 0 aliphatic rings. The zero-order chi connectivity index (χ0) is 15.9. The molecular formula is C15H21ClN2O3. The van der Waals surface area contributed by atoms with Gasteiger partial charge in [-0.15, -0.1) is 0 Å². The lowest BCUT2D eigenvalue weighted by Crippen LogP contribution is -2.45. The fraction of sp³-hybridized carbons (Fsp3) is 0.467. The molecule has 116 valence electrons. The molecule has 0 heterocycles. The number of carbonyl (C=O) groups excluding carboxylic acids is 2. The van der Waals surface area contributed by atoms with Gasteiger partial charge in [0.05, 0.1) is 0 Å². The van der Waals surface area contributed by atoms with E-state index in [4.69, 9.17) is 16.3 Å². The molecule has 21 heavy (non-hydrogen) atoms. The van der Waals surface area contributed by atoms with Crippen molar-refractivity contribution in [1.82, 2.24) is 5.32 Å². The number of ether oxygens (including phenoxy) is 1. The molecule has 5 nitrogen and oxygen atoms in total. The Morgan fingerprint density at radius 2 is 2.00 bits per heavy atom. The molecule has 1 aromatic carbocycles. The van der Waals surface area contributed by atoms with Crippen molar-refractivity contribution in [2.75, 3.05) is 25.6 Å². The summed E-state index contributed by atoms with van der Waals surface area (Å²) in [5.74, 6) is -0.702. The maximum absolute atomic E-state index is 12.2. The highest BCUT2D eigenvalue weighted by atomic mass is 35.5. The van der Waals surface area contributed by atoms with E-state index >= 15 is 0 Å². The average molecular weight is 313 g/mol. The summed E-state index contributed by atoms with van der Waals surface area (Å²) < 4.78 is 4.90. The number of hydrogen-bond donors (Lipinski definition) is 2. The molecule has 2 amide bonds. The van der Waals surface area contributed by atoms with Crippen LogP contribution in [0.4, 0.5) is 5.69 Å². The fourth-order valence-electron chi connectivity index (χ4n) is 1.60. The number of benzene rings is 1. The van der Waals surface area contributed by atoms with Crippen molar-refractivity contribution < 1.29 is 14.3 Å². The molecule has 0 aliphatic heterocycles. The van der Waals surface area contributed by atoms with Crippen LogP contribution in [0, 0.1) is 5.41 Å². The second-order valence-electron chi connectivity index (χ2n) is 5.19. The Kier molecular flexibility index (Phi) is 6.65. The zero-order valence-electron chi connectivity index (χ0n) is 12.5. The van der Waals surface area contributed by atoms with Gasteiger partial charge in [-0.1, -0.05) is 17.7 Å². The first-order valence-corrected chi connectivity index (χ1v) is 7.10. The zero-order valence-corrected chi connectivity index (χ0v) is 13.3. The third-order valence-corrected chi connectivity index (χ3v) is 3.26. The van der Waals surface area contributed by atoms with Crippen molar-refractivity contribution >= 4 is 29.1 Å². The minimum Gasteiger partial charge on any atom is -0.385 e. The molecule has 0 bridgehead atoms. The number of methoxy groups -OCH3 is 1. The number of amides is 2. The maximum Gasteiger partial charge on any atom is 0.239 e. The van der Waals surface area contributed by atoms with Gasteiger partial charge in [-0.05, 0) is 38.5 Å². The fourth-order valence-corrected chi connectivity index (χ4v) is 1.79. The Hall–Kier alpha value is -1.59. The summed E-state index contributed by atoms with van der Waals surface area (Å²) in [6.07, 6.45) is 0.703. The van der Waals surface area contributed by atoms with Crippen LogP contribution in [0.25, 0.3) is 0 Å². The molecule has 0 aromatic heterocycles. The van der Waals surface area contributed by atoms with Crippen LogP contribution in [0.1, 0.15) is 20.3 Å². The van der Waals surface area contributed by atoms with Gasteiger partial charge in [0.25, 0.3) is 0 Å². The smallest absolute Gasteiger partial charge is 0.239 e. The summed E-state index contributed by atoms with van der Waals surface area (Å²) >= 11 is 5.86. The Morgan fingerprint density at radius 1 is 1.29 bits per heavy atom. The van der Waals surface area contributed by atoms with Crippen molar-refractivity contribution in [3.8, 4) is 0 Å². The second-order valence-corrected chi connectivity index (χ2v) is 5.63. The predicted octanol–water partition coefficient (Wildman–Crippen LogP) is 2.46. The molecule has 1 rings (SSSR count). The van der Waals surface area contributed by atoms with Gasteiger partial charge in [-0.2, -0.15) is 0 Å². The monoisotopic (exact) mass is 312 g/mol. The summed E-state index contributed by atoms with van der Waals surface area (Å²) in [6.45, 7) is 4.20. The minimum atomic E-state index is -1.17. The Balaban J connectivity index is 2.59. The molecule has 1 aromatic rings. The van der Waals surface area contributed by atoms with E-state index in [0.717, 1.165) is 0 Å². The van der Waals surface area contributed by atoms with E-state index in [0.29, 0.717) is 30.3 Å². The van der Waals surface area contributed by atoms with Crippen molar-refractivity contribution in [1.29, 1.82) is 0 Å². The Bertz CT molecular complexity index is 503. The lowest BCUT2D eigenvalue weighted by molar-refractivity contribution is -0.138. The van der Waals surface area contributed by atoms with E-state index < -0.39 is 5.41 Å². The van der Waals surface area contributed by atoms with Crippen LogP contribution in [0.3, 0.4) is 0 Å². The normalized spacial score (nSPS) is 11.0. The SMILES string of the molecule is COCCCNC(=O)C(C)(C)C(=O)Nc1cccc(Cl)c1. The van der Waals surface area contributed by atoms with E-state index in [2.05, 4.69) is 10.6 Å². The van der Waals surface area contributed by atoms with Gasteiger partial charge in [0, 0.05) is 31.0 Å². The third kappa shape index (κ3) is 5.36. The van der Waals surface area contributed by atoms with Crippen molar-refractivity contribution in [3.05, 3.63) is 29.3 Å². The van der Waals surface area contributed by atoms with E-state index in [1.165, 1.54) is 0 Å². The van der Waals surface area contributed by atoms with Gasteiger partial charge in [0.1, 0.15) is 5.41 Å². The van der Waals surface area contributed by atoms with Gasteiger partial charge in [0.2, 0.25) is 11.8 Å².